The number of allylic oxidation sites excluding steroid dienone is 1. The second-order valence-corrected chi connectivity index (χ2v) is 8.50. The third-order valence-electron chi connectivity index (χ3n) is 4.73. The van der Waals surface area contributed by atoms with Crippen molar-refractivity contribution in [2.24, 2.45) is 23.9 Å². The van der Waals surface area contributed by atoms with Gasteiger partial charge in [-0.3, -0.25) is 4.57 Å². The molecule has 0 unspecified atom stereocenters. The molecule has 5 heteroatoms. The van der Waals surface area contributed by atoms with Crippen LogP contribution in [-0.2, 0) is 7.05 Å². The van der Waals surface area contributed by atoms with Crippen LogP contribution in [0.4, 0.5) is 11.6 Å². The number of rotatable bonds is 7. The first-order valence-corrected chi connectivity index (χ1v) is 10.2. The van der Waals surface area contributed by atoms with Gasteiger partial charge in [-0.15, -0.1) is 0 Å². The number of nitrogens with one attached hydrogen (secondary N) is 1. The molecule has 0 saturated heterocycles. The van der Waals surface area contributed by atoms with Crippen molar-refractivity contribution in [1.82, 2.24) is 14.5 Å². The largest absolute Gasteiger partial charge is 0.356 e. The Hall–Kier alpha value is -2.56. The summed E-state index contributed by atoms with van der Waals surface area (Å²) < 4.78 is 2.05. The SMILES string of the molecule is Cc1ccc(Nc2nc3c(n2C)=NC(N(CC(C)C)CC(C)C)=CCC=3)cc1. The van der Waals surface area contributed by atoms with E-state index >= 15 is 0 Å². The lowest BCUT2D eigenvalue weighted by Gasteiger charge is -2.28. The van der Waals surface area contributed by atoms with Gasteiger partial charge in [0.2, 0.25) is 5.95 Å². The number of nitrogens with zero attached hydrogens (tertiary/aromatic N) is 4. The highest BCUT2D eigenvalue weighted by molar-refractivity contribution is 5.54. The summed E-state index contributed by atoms with van der Waals surface area (Å²) >= 11 is 0. The molecule has 28 heavy (non-hydrogen) atoms. The van der Waals surface area contributed by atoms with E-state index in [1.54, 1.807) is 0 Å². The first kappa shape index (κ1) is 20.2. The lowest BCUT2D eigenvalue weighted by Crippen LogP contribution is -2.34. The molecule has 0 saturated carbocycles. The zero-order valence-electron chi connectivity index (χ0n) is 18.0. The Kier molecular flexibility index (Phi) is 6.22. The molecule has 1 aliphatic heterocycles. The number of hydrogen-bond acceptors (Lipinski definition) is 4. The van der Waals surface area contributed by atoms with Crippen molar-refractivity contribution < 1.29 is 0 Å². The van der Waals surface area contributed by atoms with E-state index in [0.29, 0.717) is 11.8 Å². The van der Waals surface area contributed by atoms with E-state index in [1.165, 1.54) is 5.56 Å². The minimum atomic E-state index is 0.590. The molecule has 0 fully saturated rings. The third-order valence-corrected chi connectivity index (χ3v) is 4.73. The van der Waals surface area contributed by atoms with E-state index in [1.807, 2.05) is 11.6 Å². The van der Waals surface area contributed by atoms with E-state index in [4.69, 9.17) is 9.98 Å². The highest BCUT2D eigenvalue weighted by Crippen LogP contribution is 2.16. The van der Waals surface area contributed by atoms with Crippen LogP contribution in [0.25, 0.3) is 6.08 Å². The molecule has 0 bridgehead atoms. The van der Waals surface area contributed by atoms with Crippen molar-refractivity contribution in [1.29, 1.82) is 0 Å². The van der Waals surface area contributed by atoms with Crippen molar-refractivity contribution in [2.45, 2.75) is 41.0 Å². The van der Waals surface area contributed by atoms with Gasteiger partial charge in [0.1, 0.15) is 11.2 Å². The van der Waals surface area contributed by atoms with Gasteiger partial charge in [0.25, 0.3) is 0 Å². The van der Waals surface area contributed by atoms with Crippen LogP contribution in [0, 0.1) is 18.8 Å². The van der Waals surface area contributed by atoms with Crippen LogP contribution >= 0.6 is 0 Å². The van der Waals surface area contributed by atoms with Gasteiger partial charge < -0.3 is 10.2 Å². The van der Waals surface area contributed by atoms with Gasteiger partial charge in [0.05, 0.1) is 0 Å². The fourth-order valence-corrected chi connectivity index (χ4v) is 3.43. The molecule has 1 aromatic heterocycles. The number of aryl methyl sites for hydroxylation is 1. The predicted octanol–water partition coefficient (Wildman–Crippen LogP) is 3.73. The third kappa shape index (κ3) is 4.83. The standard InChI is InChI=1S/C23H33N5/c1-16(2)14-28(15-17(3)4)21-9-7-8-20-22(26-21)27(6)23(25-20)24-19-12-10-18(5)11-13-19/h8-13,16-17H,7,14-15H2,1-6H3,(H,24,25). The summed E-state index contributed by atoms with van der Waals surface area (Å²) in [6, 6.07) is 8.36. The summed E-state index contributed by atoms with van der Waals surface area (Å²) in [5, 5.41) is 4.37. The molecule has 3 rings (SSSR count). The topological polar surface area (TPSA) is 45.5 Å². The molecular formula is C23H33N5. The minimum absolute atomic E-state index is 0.590. The Balaban J connectivity index is 1.94. The van der Waals surface area contributed by atoms with Crippen molar-refractivity contribution in [2.75, 3.05) is 18.4 Å². The van der Waals surface area contributed by atoms with Crippen LogP contribution in [0.3, 0.4) is 0 Å². The molecule has 5 nitrogen and oxygen atoms in total. The Morgan fingerprint density at radius 3 is 2.29 bits per heavy atom. The Labute approximate surface area is 168 Å². The average molecular weight is 380 g/mol. The fraction of sp³-hybridized carbons (Fsp3) is 0.478. The summed E-state index contributed by atoms with van der Waals surface area (Å²) in [6.07, 6.45) is 5.23. The Morgan fingerprint density at radius 2 is 1.68 bits per heavy atom. The second-order valence-electron chi connectivity index (χ2n) is 8.50. The maximum atomic E-state index is 5.04. The number of hydrogen-bond donors (Lipinski definition) is 1. The summed E-state index contributed by atoms with van der Waals surface area (Å²) in [6.45, 7) is 13.1. The Bertz CT molecular complexity index is 938. The smallest absolute Gasteiger partial charge is 0.209 e. The number of benzene rings is 1. The molecule has 0 atom stereocenters. The van der Waals surface area contributed by atoms with E-state index in [9.17, 15) is 0 Å². The molecular weight excluding hydrogens is 346 g/mol. The molecule has 0 radical (unpaired) electrons. The maximum absolute atomic E-state index is 5.04. The number of imidazole rings is 1. The molecule has 1 aromatic carbocycles. The van der Waals surface area contributed by atoms with Crippen LogP contribution < -0.4 is 16.2 Å². The zero-order chi connectivity index (χ0) is 20.3. The first-order valence-electron chi connectivity index (χ1n) is 10.2. The molecule has 1 aliphatic rings. The average Bonchev–Trinajstić information content (AvgIpc) is 2.79. The van der Waals surface area contributed by atoms with E-state index in [0.717, 1.165) is 47.8 Å². The lowest BCUT2D eigenvalue weighted by atomic mass is 10.1. The minimum Gasteiger partial charge on any atom is -0.356 e. The second kappa shape index (κ2) is 8.63. The van der Waals surface area contributed by atoms with Gasteiger partial charge in [-0.2, -0.15) is 0 Å². The van der Waals surface area contributed by atoms with E-state index in [-0.39, 0.29) is 0 Å². The first-order chi connectivity index (χ1) is 13.3. The van der Waals surface area contributed by atoms with Crippen LogP contribution in [-0.4, -0.2) is 27.5 Å². The van der Waals surface area contributed by atoms with Crippen molar-refractivity contribution in [3.63, 3.8) is 0 Å². The summed E-state index contributed by atoms with van der Waals surface area (Å²) in [5.41, 5.74) is 3.19. The van der Waals surface area contributed by atoms with Crippen LogP contribution in [0.2, 0.25) is 0 Å². The number of anilines is 2. The summed E-state index contributed by atoms with van der Waals surface area (Å²) in [5.74, 6) is 3.05. The highest BCUT2D eigenvalue weighted by atomic mass is 15.3. The van der Waals surface area contributed by atoms with Gasteiger partial charge in [-0.05, 0) is 43.4 Å². The summed E-state index contributed by atoms with van der Waals surface area (Å²) in [4.78, 5) is 12.2. The molecule has 0 aliphatic carbocycles. The molecule has 0 amide bonds. The van der Waals surface area contributed by atoms with E-state index in [2.05, 4.69) is 81.3 Å². The quantitative estimate of drug-likeness (QED) is 0.797. The van der Waals surface area contributed by atoms with Gasteiger partial charge in [0.15, 0.2) is 5.49 Å². The van der Waals surface area contributed by atoms with Gasteiger partial charge in [-0.1, -0.05) is 51.5 Å². The predicted molar refractivity (Wildman–Crippen MR) is 117 cm³/mol. The van der Waals surface area contributed by atoms with Crippen LogP contribution in [0.5, 0.6) is 0 Å². The monoisotopic (exact) mass is 379 g/mol. The van der Waals surface area contributed by atoms with Gasteiger partial charge in [0, 0.05) is 25.8 Å². The molecule has 1 N–H and O–H groups in total. The zero-order valence-corrected chi connectivity index (χ0v) is 18.0. The molecule has 0 spiro atoms. The molecule has 150 valence electrons. The normalized spacial score (nSPS) is 13.5. The summed E-state index contributed by atoms with van der Waals surface area (Å²) in [7, 11) is 2.03. The van der Waals surface area contributed by atoms with Crippen LogP contribution in [0.1, 0.15) is 39.7 Å². The van der Waals surface area contributed by atoms with Crippen LogP contribution in [0.15, 0.2) is 41.2 Å². The Morgan fingerprint density at radius 1 is 1.04 bits per heavy atom. The van der Waals surface area contributed by atoms with Crippen molar-refractivity contribution in [3.05, 3.63) is 52.6 Å². The lowest BCUT2D eigenvalue weighted by molar-refractivity contribution is 0.269. The van der Waals surface area contributed by atoms with Crippen molar-refractivity contribution >= 4 is 17.7 Å². The number of aromatic nitrogens is 2. The van der Waals surface area contributed by atoms with Gasteiger partial charge >= 0.3 is 0 Å². The number of fused-ring (bicyclic) bond motifs is 1. The van der Waals surface area contributed by atoms with E-state index < -0.39 is 0 Å². The fourth-order valence-electron chi connectivity index (χ4n) is 3.43. The van der Waals surface area contributed by atoms with Gasteiger partial charge in [-0.25, -0.2) is 9.98 Å². The maximum Gasteiger partial charge on any atom is 0.209 e. The molecule has 2 heterocycles. The molecule has 2 aromatic rings. The highest BCUT2D eigenvalue weighted by Gasteiger charge is 2.15. The van der Waals surface area contributed by atoms with Crippen molar-refractivity contribution in [3.8, 4) is 0 Å².